The molecule has 5 aliphatic rings. The van der Waals surface area contributed by atoms with E-state index in [1.165, 1.54) is 50.3 Å². The van der Waals surface area contributed by atoms with Crippen molar-refractivity contribution in [2.45, 2.75) is 45.1 Å². The van der Waals surface area contributed by atoms with Crippen molar-refractivity contribution in [3.8, 4) is 17.6 Å². The zero-order chi connectivity index (χ0) is 28.5. The summed E-state index contributed by atoms with van der Waals surface area (Å²) in [6, 6.07) is 13.6. The monoisotopic (exact) mass is 562 g/mol. The second-order valence-electron chi connectivity index (χ2n) is 13.0. The van der Waals surface area contributed by atoms with Gasteiger partial charge in [0.2, 0.25) is 0 Å². The molecule has 4 saturated carbocycles. The second kappa shape index (κ2) is 11.4. The summed E-state index contributed by atoms with van der Waals surface area (Å²) in [5, 5.41) is 21.6. The summed E-state index contributed by atoms with van der Waals surface area (Å²) in [7, 11) is 0. The molecule has 8 heteroatoms. The van der Waals surface area contributed by atoms with Gasteiger partial charge in [-0.3, -0.25) is 14.7 Å². The topological polar surface area (TPSA) is 94.5 Å². The van der Waals surface area contributed by atoms with E-state index in [1.807, 2.05) is 30.3 Å². The number of amides is 1. The van der Waals surface area contributed by atoms with Crippen LogP contribution in [-0.4, -0.2) is 63.8 Å². The molecule has 42 heavy (non-hydrogen) atoms. The van der Waals surface area contributed by atoms with Crippen LogP contribution >= 0.6 is 0 Å². The lowest BCUT2D eigenvalue weighted by molar-refractivity contribution is -0.0503. The highest BCUT2D eigenvalue weighted by Gasteiger charge is 2.50. The lowest BCUT2D eigenvalue weighted by Gasteiger charge is -2.56. The Morgan fingerprint density at radius 3 is 2.36 bits per heavy atom. The number of aromatic nitrogens is 3. The van der Waals surface area contributed by atoms with Crippen molar-refractivity contribution in [3.63, 3.8) is 0 Å². The summed E-state index contributed by atoms with van der Waals surface area (Å²) in [4.78, 5) is 21.6. The second-order valence-corrected chi connectivity index (χ2v) is 13.0. The molecule has 0 atom stereocenters. The minimum absolute atomic E-state index is 0.100. The van der Waals surface area contributed by atoms with Crippen LogP contribution in [0.2, 0.25) is 0 Å². The van der Waals surface area contributed by atoms with Gasteiger partial charge < -0.3 is 15.3 Å². The van der Waals surface area contributed by atoms with Crippen LogP contribution < -0.4 is 10.2 Å². The molecule has 2 aromatic heterocycles. The van der Waals surface area contributed by atoms with Crippen LogP contribution in [0.15, 0.2) is 54.9 Å². The first kappa shape index (κ1) is 26.9. The van der Waals surface area contributed by atoms with Crippen molar-refractivity contribution in [2.75, 3.05) is 37.6 Å². The average Bonchev–Trinajstić information content (AvgIpc) is 2.99. The predicted octanol–water partition coefficient (Wildman–Crippen LogP) is 4.25. The fourth-order valence-electron chi connectivity index (χ4n) is 8.27. The molecule has 1 amide bonds. The van der Waals surface area contributed by atoms with Gasteiger partial charge >= 0.3 is 0 Å². The van der Waals surface area contributed by atoms with Gasteiger partial charge in [0.1, 0.15) is 5.75 Å². The lowest BCUT2D eigenvalue weighted by atomic mass is 9.49. The number of aromatic hydroxyl groups is 1. The van der Waals surface area contributed by atoms with Crippen molar-refractivity contribution in [3.05, 3.63) is 77.2 Å². The average molecular weight is 563 g/mol. The highest BCUT2D eigenvalue weighted by atomic mass is 16.3. The fraction of sp³-hybridized carbons (Fsp3) is 0.471. The molecular weight excluding hydrogens is 524 g/mol. The third-order valence-electron chi connectivity index (χ3n) is 9.85. The van der Waals surface area contributed by atoms with Gasteiger partial charge in [-0.1, -0.05) is 30.0 Å². The van der Waals surface area contributed by atoms with Crippen LogP contribution in [0.5, 0.6) is 5.75 Å². The van der Waals surface area contributed by atoms with Gasteiger partial charge in [-0.05, 0) is 91.5 Å². The van der Waals surface area contributed by atoms with Gasteiger partial charge in [-0.15, -0.1) is 10.2 Å². The summed E-state index contributed by atoms with van der Waals surface area (Å²) >= 11 is 0. The van der Waals surface area contributed by atoms with Gasteiger partial charge in [0.15, 0.2) is 11.5 Å². The van der Waals surface area contributed by atoms with Gasteiger partial charge in [0.25, 0.3) is 5.91 Å². The highest BCUT2D eigenvalue weighted by molar-refractivity contribution is 5.92. The number of carbonyl (C=O) groups is 1. The largest absolute Gasteiger partial charge is 0.506 e. The third-order valence-corrected chi connectivity index (χ3v) is 9.85. The minimum Gasteiger partial charge on any atom is -0.506 e. The van der Waals surface area contributed by atoms with Gasteiger partial charge in [0, 0.05) is 56.6 Å². The van der Waals surface area contributed by atoms with Gasteiger partial charge in [-0.2, -0.15) is 0 Å². The Kier molecular flexibility index (Phi) is 7.29. The molecule has 5 fully saturated rings. The third kappa shape index (κ3) is 5.84. The molecular formula is C34H38N6O2. The Morgan fingerprint density at radius 1 is 0.929 bits per heavy atom. The Labute approximate surface area is 247 Å². The summed E-state index contributed by atoms with van der Waals surface area (Å²) in [6.07, 6.45) is 11.1. The zero-order valence-electron chi connectivity index (χ0n) is 24.0. The maximum atomic E-state index is 13.0. The molecule has 216 valence electrons. The van der Waals surface area contributed by atoms with Crippen LogP contribution in [0.3, 0.4) is 0 Å². The Balaban J connectivity index is 0.917. The SMILES string of the molecule is O=C(NCC12CC3CC(CC(C3)C1)C2)c1ccc(N2CCN(Cc3ccccc3C#Cc3cncc(O)c3)CC2)nn1. The Bertz CT molecular complexity index is 1470. The molecule has 2 N–H and O–H groups in total. The van der Waals surface area contributed by atoms with Crippen LogP contribution in [0.25, 0.3) is 0 Å². The van der Waals surface area contributed by atoms with Gasteiger partial charge in [-0.25, -0.2) is 0 Å². The maximum Gasteiger partial charge on any atom is 0.271 e. The lowest BCUT2D eigenvalue weighted by Crippen LogP contribution is -2.51. The first-order valence-corrected chi connectivity index (χ1v) is 15.3. The summed E-state index contributed by atoms with van der Waals surface area (Å²) < 4.78 is 0. The van der Waals surface area contributed by atoms with Crippen LogP contribution in [0, 0.1) is 35.0 Å². The number of anilines is 1. The molecule has 1 saturated heterocycles. The standard InChI is InChI=1S/C34H38N6O2/c41-30-16-24(20-35-21-30)5-6-28-3-1-2-4-29(28)22-39-9-11-40(12-10-39)32-8-7-31(37-38-32)33(42)36-23-34-17-25-13-26(18-34)15-27(14-25)19-34/h1-4,7-8,16,20-21,25-27,41H,9-15,17-19,22-23H2,(H,36,42). The quantitative estimate of drug-likeness (QED) is 0.434. The number of rotatable bonds is 6. The number of hydrogen-bond donors (Lipinski definition) is 2. The van der Waals surface area contributed by atoms with E-state index < -0.39 is 0 Å². The van der Waals surface area contributed by atoms with Crippen LogP contribution in [-0.2, 0) is 6.54 Å². The smallest absolute Gasteiger partial charge is 0.271 e. The van der Waals surface area contributed by atoms with E-state index >= 15 is 0 Å². The van der Waals surface area contributed by atoms with Crippen LogP contribution in [0.4, 0.5) is 5.82 Å². The number of carbonyl (C=O) groups excluding carboxylic acids is 1. The molecule has 3 aromatic rings. The number of hydrogen-bond acceptors (Lipinski definition) is 7. The summed E-state index contributed by atoms with van der Waals surface area (Å²) in [6.45, 7) is 5.07. The maximum absolute atomic E-state index is 13.0. The number of piperazine rings is 1. The van der Waals surface area contributed by atoms with Crippen molar-refractivity contribution < 1.29 is 9.90 Å². The number of nitrogens with zero attached hydrogens (tertiary/aromatic N) is 5. The minimum atomic E-state index is -0.100. The first-order valence-electron chi connectivity index (χ1n) is 15.3. The summed E-state index contributed by atoms with van der Waals surface area (Å²) in [5.74, 6) is 9.83. The number of nitrogens with one attached hydrogen (secondary N) is 1. The van der Waals surface area contributed by atoms with Crippen LogP contribution in [0.1, 0.15) is 65.7 Å². The molecule has 8 rings (SSSR count). The van der Waals surface area contributed by atoms with E-state index in [9.17, 15) is 9.90 Å². The van der Waals surface area contributed by atoms with E-state index in [4.69, 9.17) is 0 Å². The van der Waals surface area contributed by atoms with E-state index in [0.717, 1.165) is 68.4 Å². The Hall–Kier alpha value is -3.96. The van der Waals surface area contributed by atoms with E-state index in [1.54, 1.807) is 12.3 Å². The zero-order valence-corrected chi connectivity index (χ0v) is 24.0. The molecule has 4 bridgehead atoms. The van der Waals surface area contributed by atoms with E-state index in [2.05, 4.69) is 48.2 Å². The van der Waals surface area contributed by atoms with Crippen molar-refractivity contribution >= 4 is 11.7 Å². The van der Waals surface area contributed by atoms with Gasteiger partial charge in [0.05, 0.1) is 6.20 Å². The van der Waals surface area contributed by atoms with Crippen molar-refractivity contribution in [1.29, 1.82) is 0 Å². The van der Waals surface area contributed by atoms with E-state index in [0.29, 0.717) is 16.7 Å². The Morgan fingerprint density at radius 2 is 1.67 bits per heavy atom. The molecule has 4 aliphatic carbocycles. The molecule has 0 spiro atoms. The molecule has 1 aliphatic heterocycles. The highest BCUT2D eigenvalue weighted by Crippen LogP contribution is 2.59. The number of pyridine rings is 1. The first-order chi connectivity index (χ1) is 20.5. The predicted molar refractivity (Wildman–Crippen MR) is 161 cm³/mol. The molecule has 3 heterocycles. The number of benzene rings is 1. The van der Waals surface area contributed by atoms with Crippen molar-refractivity contribution in [1.82, 2.24) is 25.4 Å². The normalized spacial score (nSPS) is 26.5. The molecule has 0 radical (unpaired) electrons. The fourth-order valence-corrected chi connectivity index (χ4v) is 8.27. The molecule has 0 unspecified atom stereocenters. The molecule has 8 nitrogen and oxygen atoms in total. The van der Waals surface area contributed by atoms with Crippen molar-refractivity contribution in [2.24, 2.45) is 23.2 Å². The van der Waals surface area contributed by atoms with E-state index in [-0.39, 0.29) is 11.7 Å². The summed E-state index contributed by atoms with van der Waals surface area (Å²) in [5.41, 5.74) is 3.56. The molecule has 1 aromatic carbocycles.